The fraction of sp³-hybridized carbons (Fsp3) is 0.323. The summed E-state index contributed by atoms with van der Waals surface area (Å²) in [5, 5.41) is 0.614. The fourth-order valence-corrected chi connectivity index (χ4v) is 6.16. The lowest BCUT2D eigenvalue weighted by Crippen LogP contribution is -2.44. The minimum atomic E-state index is -3.89. The number of piperazine rings is 1. The van der Waals surface area contributed by atoms with Crippen LogP contribution in [0.5, 0.6) is 23.0 Å². The number of fused-ring (bicyclic) bond motifs is 1. The van der Waals surface area contributed by atoms with Crippen LogP contribution in [0.25, 0.3) is 10.9 Å². The first kappa shape index (κ1) is 29.6. The highest BCUT2D eigenvalue weighted by Gasteiger charge is 2.19. The van der Waals surface area contributed by atoms with Crippen molar-refractivity contribution in [3.05, 3.63) is 78.2 Å². The summed E-state index contributed by atoms with van der Waals surface area (Å²) in [5.74, 6) is 0.666. The Balaban J connectivity index is 1.28. The van der Waals surface area contributed by atoms with E-state index in [4.69, 9.17) is 14.2 Å². The fourth-order valence-electron chi connectivity index (χ4n) is 4.87. The number of rotatable bonds is 11. The molecule has 42 heavy (non-hydrogen) atoms. The van der Waals surface area contributed by atoms with E-state index >= 15 is 4.39 Å². The van der Waals surface area contributed by atoms with Crippen molar-refractivity contribution in [1.82, 2.24) is 14.8 Å². The molecule has 0 aliphatic carbocycles. The number of likely N-dealkylation sites (N-methyl/N-ethyl adjacent to an activating group) is 1. The lowest BCUT2D eigenvalue weighted by molar-refractivity contribution is 0.145. The number of benzene rings is 3. The van der Waals surface area contributed by atoms with E-state index in [2.05, 4.69) is 26.6 Å². The molecule has 11 heteroatoms. The highest BCUT2D eigenvalue weighted by Crippen LogP contribution is 2.38. The van der Waals surface area contributed by atoms with Crippen LogP contribution in [0.1, 0.15) is 12.0 Å². The molecular weight excluding hydrogens is 559 g/mol. The van der Waals surface area contributed by atoms with Crippen LogP contribution in [-0.2, 0) is 10.0 Å². The Hall–Kier alpha value is -3.93. The average Bonchev–Trinajstić information content (AvgIpc) is 2.97. The van der Waals surface area contributed by atoms with Gasteiger partial charge in [-0.05, 0) is 56.3 Å². The maximum Gasteiger partial charge on any atom is 0.262 e. The molecule has 3 aromatic carbocycles. The van der Waals surface area contributed by atoms with Crippen molar-refractivity contribution in [2.45, 2.75) is 18.2 Å². The third-order valence-corrected chi connectivity index (χ3v) is 8.79. The van der Waals surface area contributed by atoms with Crippen LogP contribution >= 0.6 is 0 Å². The Labute approximate surface area is 245 Å². The second kappa shape index (κ2) is 12.9. The van der Waals surface area contributed by atoms with Crippen molar-refractivity contribution in [2.24, 2.45) is 0 Å². The zero-order valence-electron chi connectivity index (χ0n) is 24.0. The van der Waals surface area contributed by atoms with Crippen LogP contribution in [0.15, 0.2) is 71.8 Å². The number of ether oxygens (including phenoxy) is 3. The van der Waals surface area contributed by atoms with Crippen molar-refractivity contribution in [3.63, 3.8) is 0 Å². The Bertz CT molecular complexity index is 1660. The van der Waals surface area contributed by atoms with E-state index in [0.29, 0.717) is 40.3 Å². The van der Waals surface area contributed by atoms with Crippen LogP contribution in [0.3, 0.4) is 0 Å². The molecule has 4 aromatic rings. The second-order valence-corrected chi connectivity index (χ2v) is 11.9. The summed E-state index contributed by atoms with van der Waals surface area (Å²) in [6, 6.07) is 15.7. The zero-order valence-corrected chi connectivity index (χ0v) is 24.8. The number of pyridine rings is 1. The number of methoxy groups -OCH3 is 1. The summed E-state index contributed by atoms with van der Waals surface area (Å²) in [7, 11) is -0.181. The van der Waals surface area contributed by atoms with Gasteiger partial charge in [0.05, 0.1) is 29.8 Å². The Morgan fingerprint density at radius 2 is 1.74 bits per heavy atom. The molecule has 1 aliphatic rings. The summed E-state index contributed by atoms with van der Waals surface area (Å²) in [6.45, 7) is 7.49. The third-order valence-electron chi connectivity index (χ3n) is 7.25. The van der Waals surface area contributed by atoms with Gasteiger partial charge in [-0.2, -0.15) is 0 Å². The van der Waals surface area contributed by atoms with Gasteiger partial charge in [0.1, 0.15) is 5.75 Å². The zero-order chi connectivity index (χ0) is 29.7. The molecule has 0 amide bonds. The first-order chi connectivity index (χ1) is 20.2. The molecule has 1 aliphatic heterocycles. The normalized spacial score (nSPS) is 14.6. The number of aromatic nitrogens is 1. The van der Waals surface area contributed by atoms with Gasteiger partial charge in [0.2, 0.25) is 0 Å². The van der Waals surface area contributed by atoms with Gasteiger partial charge in [-0.3, -0.25) is 9.71 Å². The second-order valence-electron chi connectivity index (χ2n) is 10.3. The molecule has 9 nitrogen and oxygen atoms in total. The molecule has 1 saturated heterocycles. The van der Waals surface area contributed by atoms with Gasteiger partial charge in [0.25, 0.3) is 10.0 Å². The predicted molar refractivity (Wildman–Crippen MR) is 161 cm³/mol. The van der Waals surface area contributed by atoms with Gasteiger partial charge in [-0.1, -0.05) is 18.2 Å². The topological polar surface area (TPSA) is 93.2 Å². The molecule has 0 bridgehead atoms. The lowest BCUT2D eigenvalue weighted by atomic mass is 10.1. The van der Waals surface area contributed by atoms with Gasteiger partial charge in [0.15, 0.2) is 23.1 Å². The quantitative estimate of drug-likeness (QED) is 0.234. The summed E-state index contributed by atoms with van der Waals surface area (Å²) in [6.07, 6.45) is 2.46. The molecule has 5 rings (SSSR count). The molecule has 0 spiro atoms. The number of anilines is 1. The number of aryl methyl sites for hydroxylation is 1. The summed E-state index contributed by atoms with van der Waals surface area (Å²) < 4.78 is 60.7. The Morgan fingerprint density at radius 1 is 0.952 bits per heavy atom. The van der Waals surface area contributed by atoms with E-state index in [1.165, 1.54) is 18.2 Å². The van der Waals surface area contributed by atoms with E-state index in [1.807, 2.05) is 0 Å². The summed E-state index contributed by atoms with van der Waals surface area (Å²) in [4.78, 5) is 9.34. The van der Waals surface area contributed by atoms with Crippen LogP contribution in [-0.4, -0.2) is 76.7 Å². The molecule has 1 N–H and O–H groups in total. The molecular formula is C31H35FN4O5S. The first-order valence-corrected chi connectivity index (χ1v) is 15.3. The monoisotopic (exact) mass is 594 g/mol. The maximum atomic E-state index is 15.1. The minimum absolute atomic E-state index is 0.0652. The number of nitrogens with one attached hydrogen (secondary N) is 1. The lowest BCUT2D eigenvalue weighted by Gasteiger charge is -2.32. The van der Waals surface area contributed by atoms with Crippen molar-refractivity contribution in [3.8, 4) is 23.0 Å². The molecule has 0 radical (unpaired) electrons. The van der Waals surface area contributed by atoms with E-state index in [1.54, 1.807) is 56.6 Å². The number of halogens is 1. The molecule has 0 saturated carbocycles. The van der Waals surface area contributed by atoms with Crippen LogP contribution in [0, 0.1) is 12.7 Å². The minimum Gasteiger partial charge on any atom is -0.493 e. The molecule has 222 valence electrons. The standard InChI is InChI=1S/C31H35FN4O5S/c1-22-7-4-5-8-31(22)42(37,38)34-23-9-10-28(25(32)19-23)41-27-11-12-33-26-21-30(29(39-3)20-24(26)27)40-18-6-13-36-16-14-35(2)15-17-36/h4-5,7-12,19-21,34H,6,13-18H2,1-3H3. The van der Waals surface area contributed by atoms with E-state index in [9.17, 15) is 8.42 Å². The van der Waals surface area contributed by atoms with Crippen molar-refractivity contribution in [1.29, 1.82) is 0 Å². The van der Waals surface area contributed by atoms with Gasteiger partial charge >= 0.3 is 0 Å². The molecule has 0 atom stereocenters. The largest absolute Gasteiger partial charge is 0.493 e. The molecule has 1 aromatic heterocycles. The Kier molecular flexibility index (Phi) is 9.10. The van der Waals surface area contributed by atoms with Gasteiger partial charge in [-0.15, -0.1) is 0 Å². The number of sulfonamides is 1. The highest BCUT2D eigenvalue weighted by molar-refractivity contribution is 7.92. The molecule has 1 fully saturated rings. The van der Waals surface area contributed by atoms with E-state index < -0.39 is 15.8 Å². The highest BCUT2D eigenvalue weighted by atomic mass is 32.2. The van der Waals surface area contributed by atoms with E-state index in [0.717, 1.165) is 45.2 Å². The van der Waals surface area contributed by atoms with Crippen LogP contribution in [0.2, 0.25) is 0 Å². The van der Waals surface area contributed by atoms with Crippen molar-refractivity contribution in [2.75, 3.05) is 58.2 Å². The SMILES string of the molecule is COc1cc2c(Oc3ccc(NS(=O)(=O)c4ccccc4C)cc3F)ccnc2cc1OCCCN1CCN(C)CC1. The predicted octanol–water partition coefficient (Wildman–Crippen LogP) is 5.30. The van der Waals surface area contributed by atoms with E-state index in [-0.39, 0.29) is 16.3 Å². The number of nitrogens with zero attached hydrogens (tertiary/aromatic N) is 3. The van der Waals surface area contributed by atoms with Crippen LogP contribution < -0.4 is 18.9 Å². The van der Waals surface area contributed by atoms with Gasteiger partial charge < -0.3 is 24.0 Å². The van der Waals surface area contributed by atoms with Crippen molar-refractivity contribution >= 4 is 26.6 Å². The maximum absolute atomic E-state index is 15.1. The average molecular weight is 595 g/mol. The van der Waals surface area contributed by atoms with Crippen molar-refractivity contribution < 1.29 is 27.0 Å². The third kappa shape index (κ3) is 6.92. The van der Waals surface area contributed by atoms with Gasteiger partial charge in [-0.25, -0.2) is 12.8 Å². The number of hydrogen-bond acceptors (Lipinski definition) is 8. The molecule has 2 heterocycles. The molecule has 0 unspecified atom stereocenters. The summed E-state index contributed by atoms with van der Waals surface area (Å²) >= 11 is 0. The summed E-state index contributed by atoms with van der Waals surface area (Å²) in [5.41, 5.74) is 1.27. The first-order valence-electron chi connectivity index (χ1n) is 13.8. The number of hydrogen-bond donors (Lipinski definition) is 1. The smallest absolute Gasteiger partial charge is 0.262 e. The van der Waals surface area contributed by atoms with Gasteiger partial charge in [0, 0.05) is 56.4 Å². The van der Waals surface area contributed by atoms with Crippen LogP contribution in [0.4, 0.5) is 10.1 Å². The Morgan fingerprint density at radius 3 is 2.48 bits per heavy atom.